The number of hydrogen-bond acceptors (Lipinski definition) is 7. The first-order chi connectivity index (χ1) is 16.3. The number of carbonyl (C=O) groups excluding carboxylic acids is 3. The van der Waals surface area contributed by atoms with Crippen molar-refractivity contribution in [3.8, 4) is 6.07 Å². The van der Waals surface area contributed by atoms with Crippen molar-refractivity contribution < 1.29 is 33.8 Å². The standard InChI is InChI=1S/C24H25N3O7/c1-33-23(32)27-24(11-10-20(28)29,13-18-8-5-9-19(12-18)14-25)22(31)26-15-21(30)34-16-17-6-3-2-4-7-17/h2-9,12H,10-11,13,15-16H2,1H3,(H,26,31)(H,27,32)(H,28,29). The van der Waals surface area contributed by atoms with E-state index in [0.29, 0.717) is 11.1 Å². The molecule has 0 heterocycles. The van der Waals surface area contributed by atoms with Crippen LogP contribution in [0, 0.1) is 11.3 Å². The van der Waals surface area contributed by atoms with E-state index < -0.39 is 42.4 Å². The number of aliphatic carboxylic acids is 1. The Labute approximate surface area is 196 Å². The van der Waals surface area contributed by atoms with Crippen molar-refractivity contribution in [2.45, 2.75) is 31.4 Å². The van der Waals surface area contributed by atoms with E-state index in [0.717, 1.165) is 12.7 Å². The number of esters is 1. The first-order valence-electron chi connectivity index (χ1n) is 10.3. The molecule has 0 saturated heterocycles. The van der Waals surface area contributed by atoms with Crippen molar-refractivity contribution in [2.75, 3.05) is 13.7 Å². The number of ether oxygens (including phenoxy) is 2. The van der Waals surface area contributed by atoms with E-state index in [9.17, 15) is 24.3 Å². The van der Waals surface area contributed by atoms with E-state index in [1.54, 1.807) is 42.5 Å². The fourth-order valence-electron chi connectivity index (χ4n) is 3.22. The lowest BCUT2D eigenvalue weighted by Gasteiger charge is -2.32. The number of carbonyl (C=O) groups is 4. The highest BCUT2D eigenvalue weighted by atomic mass is 16.5. The van der Waals surface area contributed by atoms with Gasteiger partial charge in [-0.15, -0.1) is 0 Å². The SMILES string of the molecule is COC(=O)NC(CCC(=O)O)(Cc1cccc(C#N)c1)C(=O)NCC(=O)OCc1ccccc1. The molecular weight excluding hydrogens is 442 g/mol. The molecule has 3 N–H and O–H groups in total. The normalized spacial score (nSPS) is 11.9. The number of carboxylic acid groups (broad SMARTS) is 1. The molecule has 0 aliphatic carbocycles. The van der Waals surface area contributed by atoms with Gasteiger partial charge in [-0.1, -0.05) is 42.5 Å². The molecular formula is C24H25N3O7. The molecule has 0 fully saturated rings. The maximum absolute atomic E-state index is 13.2. The Bertz CT molecular complexity index is 1070. The number of methoxy groups -OCH3 is 1. The Morgan fingerprint density at radius 3 is 2.41 bits per heavy atom. The van der Waals surface area contributed by atoms with Crippen molar-refractivity contribution in [1.82, 2.24) is 10.6 Å². The summed E-state index contributed by atoms with van der Waals surface area (Å²) < 4.78 is 9.78. The molecule has 2 amide bonds. The van der Waals surface area contributed by atoms with Gasteiger partial charge in [-0.2, -0.15) is 5.26 Å². The molecule has 10 nitrogen and oxygen atoms in total. The van der Waals surface area contributed by atoms with E-state index >= 15 is 0 Å². The van der Waals surface area contributed by atoms with Gasteiger partial charge in [0.15, 0.2) is 0 Å². The minimum Gasteiger partial charge on any atom is -0.481 e. The van der Waals surface area contributed by atoms with Crippen LogP contribution in [-0.2, 0) is 36.9 Å². The number of amides is 2. The number of nitriles is 1. The number of rotatable bonds is 11. The van der Waals surface area contributed by atoms with Crippen LogP contribution < -0.4 is 10.6 Å². The van der Waals surface area contributed by atoms with Crippen LogP contribution >= 0.6 is 0 Å². The van der Waals surface area contributed by atoms with Gasteiger partial charge in [0, 0.05) is 12.8 Å². The van der Waals surface area contributed by atoms with Crippen LogP contribution in [0.5, 0.6) is 0 Å². The lowest BCUT2D eigenvalue weighted by atomic mass is 9.84. The van der Waals surface area contributed by atoms with E-state index in [1.807, 2.05) is 12.1 Å². The number of nitrogens with zero attached hydrogens (tertiary/aromatic N) is 1. The highest BCUT2D eigenvalue weighted by Gasteiger charge is 2.41. The molecule has 2 aromatic carbocycles. The summed E-state index contributed by atoms with van der Waals surface area (Å²) in [6.45, 7) is -0.483. The van der Waals surface area contributed by atoms with Crippen molar-refractivity contribution in [2.24, 2.45) is 0 Å². The van der Waals surface area contributed by atoms with Crippen LogP contribution in [0.15, 0.2) is 54.6 Å². The third-order valence-electron chi connectivity index (χ3n) is 4.92. The first kappa shape index (κ1) is 25.9. The van der Waals surface area contributed by atoms with Gasteiger partial charge in [0.25, 0.3) is 0 Å². The van der Waals surface area contributed by atoms with E-state index in [4.69, 9.17) is 10.00 Å². The number of hydrogen-bond donors (Lipinski definition) is 3. The zero-order valence-electron chi connectivity index (χ0n) is 18.6. The lowest BCUT2D eigenvalue weighted by molar-refractivity contribution is -0.146. The summed E-state index contributed by atoms with van der Waals surface area (Å²) in [5.74, 6) is -2.69. The zero-order valence-corrected chi connectivity index (χ0v) is 18.6. The molecule has 178 valence electrons. The molecule has 34 heavy (non-hydrogen) atoms. The van der Waals surface area contributed by atoms with Gasteiger partial charge in [0.1, 0.15) is 18.7 Å². The first-order valence-corrected chi connectivity index (χ1v) is 10.3. The van der Waals surface area contributed by atoms with E-state index in [2.05, 4.69) is 15.4 Å². The molecule has 0 saturated carbocycles. The van der Waals surface area contributed by atoms with Gasteiger partial charge < -0.3 is 25.2 Å². The summed E-state index contributed by atoms with van der Waals surface area (Å²) in [6, 6.07) is 17.3. The minimum atomic E-state index is -1.76. The highest BCUT2D eigenvalue weighted by molar-refractivity contribution is 5.92. The van der Waals surface area contributed by atoms with Crippen LogP contribution in [0.1, 0.15) is 29.5 Å². The summed E-state index contributed by atoms with van der Waals surface area (Å²) >= 11 is 0. The Kier molecular flexibility index (Phi) is 9.58. The fourth-order valence-corrected chi connectivity index (χ4v) is 3.22. The average molecular weight is 467 g/mol. The zero-order chi connectivity index (χ0) is 25.0. The topological polar surface area (TPSA) is 155 Å². The average Bonchev–Trinajstić information content (AvgIpc) is 2.85. The molecule has 0 aromatic heterocycles. The molecule has 0 radical (unpaired) electrons. The van der Waals surface area contributed by atoms with Gasteiger partial charge in [-0.25, -0.2) is 4.79 Å². The van der Waals surface area contributed by atoms with E-state index in [-0.39, 0.29) is 19.4 Å². The van der Waals surface area contributed by atoms with Crippen LogP contribution in [0.3, 0.4) is 0 Å². The maximum atomic E-state index is 13.2. The summed E-state index contributed by atoms with van der Waals surface area (Å²) in [6.07, 6.45) is -1.84. The minimum absolute atomic E-state index is 0.0149. The molecule has 10 heteroatoms. The van der Waals surface area contributed by atoms with Crippen LogP contribution in [0.25, 0.3) is 0 Å². The molecule has 0 spiro atoms. The Balaban J connectivity index is 2.21. The number of carboxylic acids is 1. The lowest BCUT2D eigenvalue weighted by Crippen LogP contribution is -2.61. The van der Waals surface area contributed by atoms with Crippen molar-refractivity contribution >= 4 is 23.9 Å². The molecule has 2 rings (SSSR count). The number of benzene rings is 2. The Morgan fingerprint density at radius 2 is 1.76 bits per heavy atom. The van der Waals surface area contributed by atoms with Crippen LogP contribution in [0.2, 0.25) is 0 Å². The fraction of sp³-hybridized carbons (Fsp3) is 0.292. The number of alkyl carbamates (subject to hydrolysis) is 1. The molecule has 2 aromatic rings. The van der Waals surface area contributed by atoms with Crippen molar-refractivity contribution in [3.05, 3.63) is 71.3 Å². The monoisotopic (exact) mass is 467 g/mol. The molecule has 0 aliphatic rings. The van der Waals surface area contributed by atoms with E-state index in [1.165, 1.54) is 6.07 Å². The second kappa shape index (κ2) is 12.6. The quantitative estimate of drug-likeness (QED) is 0.423. The van der Waals surface area contributed by atoms with Crippen LogP contribution in [0.4, 0.5) is 4.79 Å². The summed E-state index contributed by atoms with van der Waals surface area (Å²) in [4.78, 5) is 48.7. The second-order valence-electron chi connectivity index (χ2n) is 7.41. The third-order valence-corrected chi connectivity index (χ3v) is 4.92. The Hall–Kier alpha value is -4.39. The van der Waals surface area contributed by atoms with Gasteiger partial charge in [-0.3, -0.25) is 14.4 Å². The second-order valence-corrected chi connectivity index (χ2v) is 7.41. The third kappa shape index (κ3) is 7.94. The molecule has 0 aliphatic heterocycles. The smallest absolute Gasteiger partial charge is 0.407 e. The molecule has 1 atom stereocenters. The summed E-state index contributed by atoms with van der Waals surface area (Å²) in [5, 5.41) is 23.2. The highest BCUT2D eigenvalue weighted by Crippen LogP contribution is 2.22. The predicted molar refractivity (Wildman–Crippen MR) is 119 cm³/mol. The predicted octanol–water partition coefficient (Wildman–Crippen LogP) is 1.92. The largest absolute Gasteiger partial charge is 0.481 e. The molecule has 1 unspecified atom stereocenters. The van der Waals surface area contributed by atoms with Crippen molar-refractivity contribution in [3.63, 3.8) is 0 Å². The summed E-state index contributed by atoms with van der Waals surface area (Å²) in [7, 11) is 1.10. The van der Waals surface area contributed by atoms with Gasteiger partial charge in [0.05, 0.1) is 18.7 Å². The maximum Gasteiger partial charge on any atom is 0.407 e. The molecule has 0 bridgehead atoms. The van der Waals surface area contributed by atoms with Gasteiger partial charge >= 0.3 is 18.0 Å². The Morgan fingerprint density at radius 1 is 1.06 bits per heavy atom. The summed E-state index contributed by atoms with van der Waals surface area (Å²) in [5.41, 5.74) is -0.169. The van der Waals surface area contributed by atoms with Gasteiger partial charge in [-0.05, 0) is 29.7 Å². The number of nitrogens with one attached hydrogen (secondary N) is 2. The van der Waals surface area contributed by atoms with Crippen LogP contribution in [-0.4, -0.2) is 48.2 Å². The van der Waals surface area contributed by atoms with Gasteiger partial charge in [0.2, 0.25) is 5.91 Å². The van der Waals surface area contributed by atoms with Crippen molar-refractivity contribution in [1.29, 1.82) is 5.26 Å².